The van der Waals surface area contributed by atoms with Gasteiger partial charge in [-0.05, 0) is 108 Å². The van der Waals surface area contributed by atoms with Gasteiger partial charge in [-0.15, -0.1) is 0 Å². The molecule has 3 rings (SSSR count). The van der Waals surface area contributed by atoms with E-state index in [-0.39, 0.29) is 12.5 Å². The fraction of sp³-hybridized carbons (Fsp3) is 0.200. The predicted molar refractivity (Wildman–Crippen MR) is 106 cm³/mol. The Bertz CT molecular complexity index is 698. The van der Waals surface area contributed by atoms with Crippen LogP contribution < -0.4 is 4.74 Å². The summed E-state index contributed by atoms with van der Waals surface area (Å²) in [6, 6.07) is 8.61. The summed E-state index contributed by atoms with van der Waals surface area (Å²) in [5.41, 5.74) is 4.88. The SMILES string of the molecule is COc1c(I)cc2c(c1I)C(CO)c1cc(I)ccc1-2. The Morgan fingerprint density at radius 1 is 1.15 bits per heavy atom. The van der Waals surface area contributed by atoms with E-state index >= 15 is 0 Å². The monoisotopic (exact) mass is 604 g/mol. The Kier molecular flexibility index (Phi) is 4.50. The number of ether oxygens (including phenoxy) is 1. The van der Waals surface area contributed by atoms with E-state index in [0.717, 1.165) is 12.9 Å². The molecule has 2 aromatic rings. The van der Waals surface area contributed by atoms with Crippen LogP contribution in [0.15, 0.2) is 24.3 Å². The minimum Gasteiger partial charge on any atom is -0.495 e. The van der Waals surface area contributed by atoms with Gasteiger partial charge in [-0.1, -0.05) is 6.07 Å². The molecule has 5 heteroatoms. The molecule has 1 N–H and O–H groups in total. The van der Waals surface area contributed by atoms with Crippen LogP contribution in [0.4, 0.5) is 0 Å². The highest BCUT2D eigenvalue weighted by Crippen LogP contribution is 2.50. The number of methoxy groups -OCH3 is 1. The van der Waals surface area contributed by atoms with Crippen molar-refractivity contribution in [3.05, 3.63) is 46.1 Å². The number of rotatable bonds is 2. The van der Waals surface area contributed by atoms with Gasteiger partial charge < -0.3 is 9.84 Å². The average Bonchev–Trinajstić information content (AvgIpc) is 2.72. The highest BCUT2D eigenvalue weighted by Gasteiger charge is 2.32. The first-order chi connectivity index (χ1) is 9.58. The van der Waals surface area contributed by atoms with Crippen molar-refractivity contribution in [3.8, 4) is 16.9 Å². The summed E-state index contributed by atoms with van der Waals surface area (Å²) >= 11 is 6.96. The molecule has 104 valence electrons. The van der Waals surface area contributed by atoms with E-state index in [4.69, 9.17) is 4.74 Å². The molecule has 0 aromatic heterocycles. The van der Waals surface area contributed by atoms with Gasteiger partial charge in [-0.25, -0.2) is 0 Å². The lowest BCUT2D eigenvalue weighted by Gasteiger charge is -2.15. The van der Waals surface area contributed by atoms with Crippen molar-refractivity contribution >= 4 is 67.8 Å². The van der Waals surface area contributed by atoms with E-state index in [1.165, 1.54) is 25.8 Å². The Morgan fingerprint density at radius 3 is 2.55 bits per heavy atom. The van der Waals surface area contributed by atoms with Crippen molar-refractivity contribution in [1.29, 1.82) is 0 Å². The molecule has 0 aliphatic heterocycles. The van der Waals surface area contributed by atoms with Crippen LogP contribution in [0.3, 0.4) is 0 Å². The van der Waals surface area contributed by atoms with Gasteiger partial charge in [0.2, 0.25) is 0 Å². The molecule has 0 radical (unpaired) electrons. The maximum Gasteiger partial charge on any atom is 0.145 e. The lowest BCUT2D eigenvalue weighted by atomic mass is 9.98. The molecular weight excluding hydrogens is 593 g/mol. The molecule has 0 heterocycles. The molecule has 1 unspecified atom stereocenters. The maximum absolute atomic E-state index is 9.86. The van der Waals surface area contributed by atoms with Crippen LogP contribution in [0.1, 0.15) is 17.0 Å². The second-order valence-electron chi connectivity index (χ2n) is 4.63. The van der Waals surface area contributed by atoms with E-state index in [1.807, 2.05) is 0 Å². The Balaban J connectivity index is 2.34. The summed E-state index contributed by atoms with van der Waals surface area (Å²) < 4.78 is 8.93. The zero-order valence-corrected chi connectivity index (χ0v) is 17.1. The Hall–Kier alpha value is 0.390. The van der Waals surface area contributed by atoms with E-state index in [0.29, 0.717) is 0 Å². The number of aliphatic hydroxyl groups excluding tert-OH is 1. The van der Waals surface area contributed by atoms with E-state index in [9.17, 15) is 5.11 Å². The first-order valence-electron chi connectivity index (χ1n) is 6.05. The van der Waals surface area contributed by atoms with Crippen LogP contribution in [0.2, 0.25) is 0 Å². The van der Waals surface area contributed by atoms with Crippen LogP contribution >= 0.6 is 67.8 Å². The van der Waals surface area contributed by atoms with E-state index in [2.05, 4.69) is 92.0 Å². The molecule has 20 heavy (non-hydrogen) atoms. The van der Waals surface area contributed by atoms with Gasteiger partial charge in [-0.2, -0.15) is 0 Å². The van der Waals surface area contributed by atoms with Gasteiger partial charge >= 0.3 is 0 Å². The van der Waals surface area contributed by atoms with Gasteiger partial charge in [0.25, 0.3) is 0 Å². The summed E-state index contributed by atoms with van der Waals surface area (Å²) in [6.07, 6.45) is 0. The lowest BCUT2D eigenvalue weighted by Crippen LogP contribution is -2.05. The molecule has 0 saturated heterocycles. The first kappa shape index (κ1) is 15.3. The summed E-state index contributed by atoms with van der Waals surface area (Å²) in [5.74, 6) is 0.957. The second-order valence-corrected chi connectivity index (χ2v) is 8.12. The minimum absolute atomic E-state index is 0.0486. The average molecular weight is 604 g/mol. The minimum atomic E-state index is 0.0486. The van der Waals surface area contributed by atoms with Crippen LogP contribution in [0.5, 0.6) is 5.75 Å². The smallest absolute Gasteiger partial charge is 0.145 e. The fourth-order valence-electron chi connectivity index (χ4n) is 2.78. The van der Waals surface area contributed by atoms with Gasteiger partial charge in [0.1, 0.15) is 5.75 Å². The van der Waals surface area contributed by atoms with E-state index < -0.39 is 0 Å². The summed E-state index contributed by atoms with van der Waals surface area (Å²) in [7, 11) is 1.70. The van der Waals surface area contributed by atoms with Crippen molar-refractivity contribution in [2.75, 3.05) is 13.7 Å². The zero-order valence-electron chi connectivity index (χ0n) is 10.6. The molecule has 0 amide bonds. The standard InChI is InChI=1S/C15H11I3O2/c1-20-15-12(17)5-10-8-3-2-7(16)4-9(8)11(6-19)13(10)14(15)18/h2-5,11,19H,6H2,1H3. The quantitative estimate of drug-likeness (QED) is 0.508. The summed E-state index contributed by atoms with van der Waals surface area (Å²) in [6.45, 7) is 0.125. The number of hydrogen-bond acceptors (Lipinski definition) is 2. The lowest BCUT2D eigenvalue weighted by molar-refractivity contribution is 0.281. The Morgan fingerprint density at radius 2 is 1.90 bits per heavy atom. The number of hydrogen-bond donors (Lipinski definition) is 1. The number of aliphatic hydroxyl groups is 1. The molecule has 2 aromatic carbocycles. The second kappa shape index (κ2) is 5.88. The first-order valence-corrected chi connectivity index (χ1v) is 9.28. The zero-order chi connectivity index (χ0) is 14.4. The van der Waals surface area contributed by atoms with Gasteiger partial charge in [0.05, 0.1) is 20.9 Å². The van der Waals surface area contributed by atoms with Gasteiger partial charge in [0.15, 0.2) is 0 Å². The van der Waals surface area contributed by atoms with Gasteiger partial charge in [-0.3, -0.25) is 0 Å². The largest absolute Gasteiger partial charge is 0.495 e. The molecule has 2 nitrogen and oxygen atoms in total. The molecular formula is C15H11I3O2. The highest BCUT2D eigenvalue weighted by molar-refractivity contribution is 14.1. The number of fused-ring (bicyclic) bond motifs is 3. The third-order valence-corrected chi connectivity index (χ3v) is 6.17. The van der Waals surface area contributed by atoms with Crippen molar-refractivity contribution in [3.63, 3.8) is 0 Å². The van der Waals surface area contributed by atoms with Crippen molar-refractivity contribution < 1.29 is 9.84 Å². The molecule has 1 atom stereocenters. The van der Waals surface area contributed by atoms with Crippen LogP contribution in [0, 0.1) is 10.7 Å². The van der Waals surface area contributed by atoms with Gasteiger partial charge in [0, 0.05) is 9.49 Å². The van der Waals surface area contributed by atoms with Crippen molar-refractivity contribution in [1.82, 2.24) is 0 Å². The van der Waals surface area contributed by atoms with Crippen LogP contribution in [-0.2, 0) is 0 Å². The third-order valence-electron chi connectivity index (χ3n) is 3.63. The van der Waals surface area contributed by atoms with Crippen LogP contribution in [-0.4, -0.2) is 18.8 Å². The van der Waals surface area contributed by atoms with Crippen LogP contribution in [0.25, 0.3) is 11.1 Å². The molecule has 0 fully saturated rings. The molecule has 0 saturated carbocycles. The molecule has 0 spiro atoms. The third kappa shape index (κ3) is 2.28. The van der Waals surface area contributed by atoms with Crippen molar-refractivity contribution in [2.45, 2.75) is 5.92 Å². The van der Waals surface area contributed by atoms with Crippen molar-refractivity contribution in [2.24, 2.45) is 0 Å². The number of benzene rings is 2. The molecule has 0 bridgehead atoms. The summed E-state index contributed by atoms with van der Waals surface area (Å²) in [5, 5.41) is 9.86. The normalized spacial score (nSPS) is 15.9. The highest BCUT2D eigenvalue weighted by atomic mass is 127. The summed E-state index contributed by atoms with van der Waals surface area (Å²) in [4.78, 5) is 0. The molecule has 1 aliphatic carbocycles. The van der Waals surface area contributed by atoms with E-state index in [1.54, 1.807) is 7.11 Å². The fourth-order valence-corrected chi connectivity index (χ4v) is 5.79. The predicted octanol–water partition coefficient (Wildman–Crippen LogP) is 4.61. The maximum atomic E-state index is 9.86. The molecule has 1 aliphatic rings. The number of halogens is 3. The topological polar surface area (TPSA) is 29.5 Å². The Labute approximate surface area is 158 Å².